The molecule has 3 aromatic carbocycles. The molecule has 0 unspecified atom stereocenters. The lowest BCUT2D eigenvalue weighted by Gasteiger charge is -2.18. The number of phenolic OH excluding ortho intramolecular Hbond substituents is 1. The summed E-state index contributed by atoms with van der Waals surface area (Å²) < 4.78 is 6.09. The normalized spacial score (nSPS) is 15.9. The molecule has 1 fully saturated rings. The number of benzene rings is 3. The van der Waals surface area contributed by atoms with Crippen molar-refractivity contribution in [3.05, 3.63) is 82.9 Å². The van der Waals surface area contributed by atoms with Gasteiger partial charge >= 0.3 is 0 Å². The first-order valence-corrected chi connectivity index (χ1v) is 10.1. The SMILES string of the molecule is Cc1cccc(C)c1Oc1cc(O)cc([C@H]2CC(=O)N(c3cccc(C(N)=O)c3)C2)c1. The van der Waals surface area contributed by atoms with E-state index in [1.807, 2.05) is 38.1 Å². The lowest BCUT2D eigenvalue weighted by atomic mass is 9.97. The third kappa shape index (κ3) is 4.23. The van der Waals surface area contributed by atoms with Crippen LogP contribution in [0.2, 0.25) is 0 Å². The molecular weight excluding hydrogens is 392 g/mol. The van der Waals surface area contributed by atoms with Crippen LogP contribution < -0.4 is 15.4 Å². The van der Waals surface area contributed by atoms with Crippen LogP contribution in [0.5, 0.6) is 17.2 Å². The molecule has 6 heteroatoms. The van der Waals surface area contributed by atoms with Crippen molar-refractivity contribution in [3.63, 3.8) is 0 Å². The van der Waals surface area contributed by atoms with Crippen LogP contribution in [-0.4, -0.2) is 23.5 Å². The van der Waals surface area contributed by atoms with Crippen molar-refractivity contribution in [2.24, 2.45) is 5.73 Å². The molecule has 0 radical (unpaired) electrons. The highest BCUT2D eigenvalue weighted by molar-refractivity contribution is 5.99. The summed E-state index contributed by atoms with van der Waals surface area (Å²) in [6.45, 7) is 4.38. The number of ether oxygens (including phenoxy) is 1. The first-order chi connectivity index (χ1) is 14.8. The predicted molar refractivity (Wildman–Crippen MR) is 119 cm³/mol. The van der Waals surface area contributed by atoms with E-state index in [0.29, 0.717) is 30.0 Å². The smallest absolute Gasteiger partial charge is 0.248 e. The number of hydrogen-bond acceptors (Lipinski definition) is 4. The Labute approximate surface area is 180 Å². The molecule has 158 valence electrons. The van der Waals surface area contributed by atoms with E-state index < -0.39 is 5.91 Å². The molecule has 0 saturated carbocycles. The zero-order valence-electron chi connectivity index (χ0n) is 17.5. The molecule has 3 N–H and O–H groups in total. The van der Waals surface area contributed by atoms with Crippen molar-refractivity contribution in [2.75, 3.05) is 11.4 Å². The van der Waals surface area contributed by atoms with Gasteiger partial charge in [-0.1, -0.05) is 24.3 Å². The number of carbonyl (C=O) groups is 2. The topological polar surface area (TPSA) is 92.9 Å². The molecule has 0 bridgehead atoms. The zero-order valence-corrected chi connectivity index (χ0v) is 17.5. The Balaban J connectivity index is 1.60. The second-order valence-electron chi connectivity index (χ2n) is 7.90. The van der Waals surface area contributed by atoms with Crippen molar-refractivity contribution in [1.82, 2.24) is 0 Å². The van der Waals surface area contributed by atoms with Gasteiger partial charge in [0.1, 0.15) is 17.2 Å². The number of aromatic hydroxyl groups is 1. The third-order valence-corrected chi connectivity index (χ3v) is 5.58. The van der Waals surface area contributed by atoms with Gasteiger partial charge in [0.05, 0.1) is 0 Å². The van der Waals surface area contributed by atoms with Crippen molar-refractivity contribution in [1.29, 1.82) is 0 Å². The van der Waals surface area contributed by atoms with Crippen LogP contribution >= 0.6 is 0 Å². The number of rotatable bonds is 5. The standard InChI is InChI=1S/C25H24N2O4/c1-15-5-3-6-16(2)24(15)31-22-11-18(10-21(28)13-22)19-12-23(29)27(14-19)20-8-4-7-17(9-20)25(26)30/h3-11,13,19,28H,12,14H2,1-2H3,(H2,26,30)/t19-/m0/s1. The molecule has 0 spiro atoms. The van der Waals surface area contributed by atoms with E-state index in [-0.39, 0.29) is 17.6 Å². The maximum atomic E-state index is 12.7. The van der Waals surface area contributed by atoms with E-state index in [9.17, 15) is 14.7 Å². The van der Waals surface area contributed by atoms with E-state index in [1.165, 1.54) is 0 Å². The number of nitrogens with zero attached hydrogens (tertiary/aromatic N) is 1. The maximum absolute atomic E-state index is 12.7. The van der Waals surface area contributed by atoms with Gasteiger partial charge in [-0.25, -0.2) is 0 Å². The fraction of sp³-hybridized carbons (Fsp3) is 0.200. The van der Waals surface area contributed by atoms with Crippen LogP contribution in [0.1, 0.15) is 39.4 Å². The van der Waals surface area contributed by atoms with Gasteiger partial charge in [-0.05, 0) is 60.9 Å². The number of aryl methyl sites for hydroxylation is 2. The van der Waals surface area contributed by atoms with E-state index in [4.69, 9.17) is 10.5 Å². The molecule has 1 heterocycles. The highest BCUT2D eigenvalue weighted by atomic mass is 16.5. The summed E-state index contributed by atoms with van der Waals surface area (Å²) in [4.78, 5) is 25.8. The molecule has 1 aliphatic rings. The van der Waals surface area contributed by atoms with Crippen LogP contribution in [0.15, 0.2) is 60.7 Å². The lowest BCUT2D eigenvalue weighted by Crippen LogP contribution is -2.24. The van der Waals surface area contributed by atoms with Gasteiger partial charge in [-0.2, -0.15) is 0 Å². The minimum absolute atomic E-state index is 0.0489. The summed E-state index contributed by atoms with van der Waals surface area (Å²) in [6.07, 6.45) is 0.299. The summed E-state index contributed by atoms with van der Waals surface area (Å²) in [7, 11) is 0. The Kier molecular flexibility index (Phi) is 5.38. The van der Waals surface area contributed by atoms with Gasteiger partial charge in [0.25, 0.3) is 0 Å². The highest BCUT2D eigenvalue weighted by Crippen LogP contribution is 2.37. The van der Waals surface area contributed by atoms with Gasteiger partial charge in [0.15, 0.2) is 0 Å². The minimum atomic E-state index is -0.536. The van der Waals surface area contributed by atoms with Crippen molar-refractivity contribution < 1.29 is 19.4 Å². The number of nitrogens with two attached hydrogens (primary N) is 1. The van der Waals surface area contributed by atoms with Gasteiger partial charge in [0.2, 0.25) is 11.8 Å². The molecule has 0 aliphatic carbocycles. The van der Waals surface area contributed by atoms with Crippen LogP contribution in [-0.2, 0) is 4.79 Å². The number of carbonyl (C=O) groups excluding carboxylic acids is 2. The molecular formula is C25H24N2O4. The second kappa shape index (κ2) is 8.14. The summed E-state index contributed by atoms with van der Waals surface area (Å²) in [6, 6.07) is 17.8. The zero-order chi connectivity index (χ0) is 22.1. The molecule has 1 atom stereocenters. The van der Waals surface area contributed by atoms with Gasteiger partial charge < -0.3 is 20.5 Å². The minimum Gasteiger partial charge on any atom is -0.508 e. The first-order valence-electron chi connectivity index (χ1n) is 10.1. The average molecular weight is 416 g/mol. The molecule has 4 rings (SSSR count). The number of phenols is 1. The quantitative estimate of drug-likeness (QED) is 0.644. The van der Waals surface area contributed by atoms with Crippen molar-refractivity contribution in [2.45, 2.75) is 26.2 Å². The Morgan fingerprint density at radius 2 is 1.77 bits per heavy atom. The molecule has 6 nitrogen and oxygen atoms in total. The van der Waals surface area contributed by atoms with Crippen LogP contribution in [0.3, 0.4) is 0 Å². The summed E-state index contributed by atoms with van der Waals surface area (Å²) in [5.41, 5.74) is 9.19. The van der Waals surface area contributed by atoms with Crippen molar-refractivity contribution >= 4 is 17.5 Å². The fourth-order valence-electron chi connectivity index (χ4n) is 3.99. The molecule has 1 aliphatic heterocycles. The van der Waals surface area contributed by atoms with E-state index in [2.05, 4.69) is 0 Å². The van der Waals surface area contributed by atoms with E-state index in [0.717, 1.165) is 22.4 Å². The van der Waals surface area contributed by atoms with Gasteiger partial charge in [-0.3, -0.25) is 9.59 Å². The van der Waals surface area contributed by atoms with Crippen LogP contribution in [0, 0.1) is 13.8 Å². The molecule has 3 aromatic rings. The average Bonchev–Trinajstić information content (AvgIpc) is 3.12. The summed E-state index contributed by atoms with van der Waals surface area (Å²) in [5, 5.41) is 10.3. The van der Waals surface area contributed by atoms with Gasteiger partial charge in [0, 0.05) is 36.2 Å². The van der Waals surface area contributed by atoms with E-state index >= 15 is 0 Å². The molecule has 2 amide bonds. The van der Waals surface area contributed by atoms with Crippen molar-refractivity contribution in [3.8, 4) is 17.2 Å². The third-order valence-electron chi connectivity index (χ3n) is 5.58. The Bertz CT molecular complexity index is 1150. The molecule has 1 saturated heterocycles. The first kappa shape index (κ1) is 20.5. The second-order valence-corrected chi connectivity index (χ2v) is 7.90. The predicted octanol–water partition coefficient (Wildman–Crippen LogP) is 4.42. The maximum Gasteiger partial charge on any atom is 0.248 e. The largest absolute Gasteiger partial charge is 0.508 e. The van der Waals surface area contributed by atoms with Gasteiger partial charge in [-0.15, -0.1) is 0 Å². The monoisotopic (exact) mass is 416 g/mol. The van der Waals surface area contributed by atoms with E-state index in [1.54, 1.807) is 41.3 Å². The number of para-hydroxylation sites is 1. The summed E-state index contributed by atoms with van der Waals surface area (Å²) in [5.74, 6) is 0.663. The van der Waals surface area contributed by atoms with Crippen LogP contribution in [0.25, 0.3) is 0 Å². The Morgan fingerprint density at radius 1 is 1.06 bits per heavy atom. The molecule has 0 aromatic heterocycles. The number of hydrogen-bond donors (Lipinski definition) is 2. The Morgan fingerprint density at radius 3 is 2.48 bits per heavy atom. The summed E-state index contributed by atoms with van der Waals surface area (Å²) >= 11 is 0. The molecule has 31 heavy (non-hydrogen) atoms. The lowest BCUT2D eigenvalue weighted by molar-refractivity contribution is -0.117. The Hall–Kier alpha value is -3.80. The fourth-order valence-corrected chi connectivity index (χ4v) is 3.99. The van der Waals surface area contributed by atoms with Crippen LogP contribution in [0.4, 0.5) is 5.69 Å². The number of primary amides is 1. The number of amides is 2. The highest BCUT2D eigenvalue weighted by Gasteiger charge is 2.32. The number of anilines is 1.